The fourth-order valence-corrected chi connectivity index (χ4v) is 6.31. The summed E-state index contributed by atoms with van der Waals surface area (Å²) in [5.41, 5.74) is 4.82. The van der Waals surface area contributed by atoms with Crippen LogP contribution in [0.2, 0.25) is 0 Å². The molecule has 0 aliphatic heterocycles. The molecule has 4 aliphatic rings. The lowest BCUT2D eigenvalue weighted by atomic mass is 9.49. The first-order valence-corrected chi connectivity index (χ1v) is 9.67. The summed E-state index contributed by atoms with van der Waals surface area (Å²) in [6.45, 7) is 4.86. The summed E-state index contributed by atoms with van der Waals surface area (Å²) >= 11 is 0. The second kappa shape index (κ2) is 5.06. The Morgan fingerprint density at radius 3 is 2.84 bits per heavy atom. The first-order chi connectivity index (χ1) is 12.0. The highest BCUT2D eigenvalue weighted by atomic mass is 16.1. The Bertz CT molecular complexity index is 828. The van der Waals surface area contributed by atoms with Crippen molar-refractivity contribution in [1.82, 2.24) is 9.55 Å². The number of nitrogens with zero attached hydrogens (tertiary/aromatic N) is 2. The Kier molecular flexibility index (Phi) is 3.11. The molecule has 5 rings (SSSR count). The Morgan fingerprint density at radius 1 is 1.16 bits per heavy atom. The van der Waals surface area contributed by atoms with Gasteiger partial charge in [0.25, 0.3) is 0 Å². The summed E-state index contributed by atoms with van der Waals surface area (Å²) in [7, 11) is 0. The fraction of sp³-hybridized carbons (Fsp3) is 0.545. The van der Waals surface area contributed by atoms with Gasteiger partial charge in [0.1, 0.15) is 0 Å². The third-order valence-electron chi connectivity index (χ3n) is 7.75. The fourth-order valence-electron chi connectivity index (χ4n) is 6.31. The Labute approximate surface area is 149 Å². The third-order valence-corrected chi connectivity index (χ3v) is 7.75. The van der Waals surface area contributed by atoms with E-state index in [0.717, 1.165) is 19.3 Å². The van der Waals surface area contributed by atoms with E-state index in [-0.39, 0.29) is 10.8 Å². The number of allylic oxidation sites excluding steroid dienone is 6. The van der Waals surface area contributed by atoms with Crippen LogP contribution in [-0.2, 0) is 4.79 Å². The molecule has 2 fully saturated rings. The summed E-state index contributed by atoms with van der Waals surface area (Å²) in [5, 5.41) is 0. The van der Waals surface area contributed by atoms with Crippen LogP contribution in [-0.4, -0.2) is 15.3 Å². The van der Waals surface area contributed by atoms with Gasteiger partial charge in [0.05, 0.1) is 6.33 Å². The zero-order chi connectivity index (χ0) is 17.2. The van der Waals surface area contributed by atoms with Crippen molar-refractivity contribution in [3.8, 4) is 0 Å². The average Bonchev–Trinajstić information content (AvgIpc) is 3.22. The number of rotatable bonds is 1. The molecule has 0 amide bonds. The van der Waals surface area contributed by atoms with E-state index < -0.39 is 0 Å². The Hall–Kier alpha value is -1.90. The standard InChI is InChI=1S/C22H26N2O/c1-21-9-7-16(25)13-15(21)3-4-17-18-5-6-20(24-12-11-23-14-24)22(18,2)10-8-19(17)21/h5-6,11-14,17,19H,3-4,7-10H2,1-2H3. The lowest BCUT2D eigenvalue weighted by molar-refractivity contribution is -0.116. The van der Waals surface area contributed by atoms with Gasteiger partial charge in [-0.25, -0.2) is 4.98 Å². The molecular formula is C22H26N2O. The van der Waals surface area contributed by atoms with Crippen molar-refractivity contribution in [1.29, 1.82) is 0 Å². The molecule has 0 N–H and O–H groups in total. The van der Waals surface area contributed by atoms with E-state index in [0.29, 0.717) is 17.6 Å². The minimum Gasteiger partial charge on any atom is -0.309 e. The van der Waals surface area contributed by atoms with Crippen LogP contribution >= 0.6 is 0 Å². The quantitative estimate of drug-likeness (QED) is 0.740. The van der Waals surface area contributed by atoms with Gasteiger partial charge in [-0.1, -0.05) is 31.1 Å². The normalized spacial score (nSPS) is 39.8. The van der Waals surface area contributed by atoms with Crippen LogP contribution in [0, 0.1) is 22.7 Å². The van der Waals surface area contributed by atoms with E-state index in [1.807, 2.05) is 18.6 Å². The topological polar surface area (TPSA) is 34.9 Å². The highest BCUT2D eigenvalue weighted by Gasteiger charge is 2.54. The van der Waals surface area contributed by atoms with Crippen LogP contribution in [0.3, 0.4) is 0 Å². The van der Waals surface area contributed by atoms with Crippen LogP contribution < -0.4 is 0 Å². The highest BCUT2D eigenvalue weighted by Crippen LogP contribution is 2.64. The molecule has 2 saturated carbocycles. The maximum absolute atomic E-state index is 11.9. The van der Waals surface area contributed by atoms with E-state index in [1.54, 1.807) is 5.57 Å². The summed E-state index contributed by atoms with van der Waals surface area (Å²) in [6.07, 6.45) is 19.1. The average molecular weight is 334 g/mol. The van der Waals surface area contributed by atoms with Crippen molar-refractivity contribution in [2.75, 3.05) is 0 Å². The molecule has 130 valence electrons. The van der Waals surface area contributed by atoms with Crippen LogP contribution in [0.5, 0.6) is 0 Å². The molecule has 4 atom stereocenters. The number of carbonyl (C=O) groups is 1. The van der Waals surface area contributed by atoms with Gasteiger partial charge in [-0.2, -0.15) is 0 Å². The van der Waals surface area contributed by atoms with E-state index in [4.69, 9.17) is 0 Å². The van der Waals surface area contributed by atoms with Crippen molar-refractivity contribution in [3.05, 3.63) is 48.1 Å². The van der Waals surface area contributed by atoms with Gasteiger partial charge < -0.3 is 4.57 Å². The van der Waals surface area contributed by atoms with Gasteiger partial charge >= 0.3 is 0 Å². The van der Waals surface area contributed by atoms with Crippen LogP contribution in [0.4, 0.5) is 0 Å². The first-order valence-electron chi connectivity index (χ1n) is 9.67. The molecule has 0 aromatic carbocycles. The van der Waals surface area contributed by atoms with E-state index in [2.05, 4.69) is 41.7 Å². The zero-order valence-corrected chi connectivity index (χ0v) is 15.2. The molecule has 3 heteroatoms. The monoisotopic (exact) mass is 334 g/mol. The molecule has 0 saturated heterocycles. The molecule has 0 spiro atoms. The lowest BCUT2D eigenvalue weighted by Crippen LogP contribution is -2.47. The molecule has 1 aromatic heterocycles. The van der Waals surface area contributed by atoms with Gasteiger partial charge in [0.15, 0.2) is 5.78 Å². The van der Waals surface area contributed by atoms with Gasteiger partial charge in [0.2, 0.25) is 0 Å². The second-order valence-electron chi connectivity index (χ2n) is 8.82. The Balaban J connectivity index is 1.51. The number of fused-ring (bicyclic) bond motifs is 5. The van der Waals surface area contributed by atoms with Gasteiger partial charge in [-0.3, -0.25) is 4.79 Å². The number of aromatic nitrogens is 2. The van der Waals surface area contributed by atoms with Gasteiger partial charge in [-0.05, 0) is 61.5 Å². The summed E-state index contributed by atoms with van der Waals surface area (Å²) < 4.78 is 2.19. The van der Waals surface area contributed by atoms with Crippen molar-refractivity contribution >= 4 is 11.5 Å². The van der Waals surface area contributed by atoms with E-state index >= 15 is 0 Å². The number of carbonyl (C=O) groups excluding carboxylic acids is 1. The van der Waals surface area contributed by atoms with Crippen molar-refractivity contribution in [2.24, 2.45) is 22.7 Å². The summed E-state index contributed by atoms with van der Waals surface area (Å²) in [5.74, 6) is 1.69. The molecule has 0 bridgehead atoms. The molecule has 4 unspecified atom stereocenters. The molecular weight excluding hydrogens is 308 g/mol. The molecule has 25 heavy (non-hydrogen) atoms. The largest absolute Gasteiger partial charge is 0.309 e. The lowest BCUT2D eigenvalue weighted by Gasteiger charge is -2.55. The minimum atomic E-state index is 0.143. The molecule has 0 radical (unpaired) electrons. The third kappa shape index (κ3) is 1.98. The maximum Gasteiger partial charge on any atom is 0.155 e. The second-order valence-corrected chi connectivity index (χ2v) is 8.82. The SMILES string of the molecule is CC12CCC3C(CCC4=CC(=O)CCC43C)C1=CC=C2n1ccnc1. The number of hydrogen-bond acceptors (Lipinski definition) is 2. The highest BCUT2D eigenvalue weighted by molar-refractivity contribution is 5.91. The van der Waals surface area contributed by atoms with Crippen LogP contribution in [0.1, 0.15) is 52.4 Å². The number of hydrogen-bond donors (Lipinski definition) is 0. The maximum atomic E-state index is 11.9. The van der Waals surface area contributed by atoms with Crippen molar-refractivity contribution in [2.45, 2.75) is 52.4 Å². The summed E-state index contributed by atoms with van der Waals surface area (Å²) in [4.78, 5) is 16.2. The first kappa shape index (κ1) is 15.4. The molecule has 1 aromatic rings. The van der Waals surface area contributed by atoms with Gasteiger partial charge in [-0.15, -0.1) is 0 Å². The zero-order valence-electron chi connectivity index (χ0n) is 15.2. The molecule has 4 aliphatic carbocycles. The summed E-state index contributed by atoms with van der Waals surface area (Å²) in [6, 6.07) is 0. The van der Waals surface area contributed by atoms with Crippen LogP contribution in [0.25, 0.3) is 5.70 Å². The minimum absolute atomic E-state index is 0.143. The predicted molar refractivity (Wildman–Crippen MR) is 98.6 cm³/mol. The predicted octanol–water partition coefficient (Wildman–Crippen LogP) is 4.79. The van der Waals surface area contributed by atoms with Gasteiger partial charge in [0, 0.05) is 29.9 Å². The van der Waals surface area contributed by atoms with Crippen molar-refractivity contribution in [3.63, 3.8) is 0 Å². The molecule has 1 heterocycles. The smallest absolute Gasteiger partial charge is 0.155 e. The van der Waals surface area contributed by atoms with E-state index in [1.165, 1.54) is 30.5 Å². The number of imidazole rings is 1. The number of ketones is 1. The van der Waals surface area contributed by atoms with Crippen molar-refractivity contribution < 1.29 is 4.79 Å². The van der Waals surface area contributed by atoms with E-state index in [9.17, 15) is 4.79 Å². The molecule has 3 nitrogen and oxygen atoms in total. The van der Waals surface area contributed by atoms with Crippen LogP contribution in [0.15, 0.2) is 48.1 Å². The Morgan fingerprint density at radius 2 is 2.04 bits per heavy atom.